The highest BCUT2D eigenvalue weighted by atomic mass is 127. The van der Waals surface area contributed by atoms with E-state index in [9.17, 15) is 0 Å². The van der Waals surface area contributed by atoms with Gasteiger partial charge in [0.15, 0.2) is 5.96 Å². The molecule has 0 aliphatic rings. The Balaban J connectivity index is 0.00000261. The first-order valence-corrected chi connectivity index (χ1v) is 8.53. The Kier molecular flexibility index (Phi) is 7.78. The van der Waals surface area contributed by atoms with E-state index in [1.165, 1.54) is 0 Å². The van der Waals surface area contributed by atoms with Crippen molar-refractivity contribution in [2.24, 2.45) is 4.99 Å². The Morgan fingerprint density at radius 3 is 2.56 bits per heavy atom. The number of oxazole rings is 1. The topological polar surface area (TPSA) is 75.3 Å². The summed E-state index contributed by atoms with van der Waals surface area (Å²) in [5.41, 5.74) is 4.13. The van der Waals surface area contributed by atoms with Gasteiger partial charge in [-0.3, -0.25) is 9.98 Å². The molecule has 0 spiro atoms. The minimum Gasteiger partial charge on any atom is -0.444 e. The van der Waals surface area contributed by atoms with E-state index in [0.29, 0.717) is 24.9 Å². The quantitative estimate of drug-likeness (QED) is 0.332. The van der Waals surface area contributed by atoms with Crippen LogP contribution in [0.2, 0.25) is 0 Å². The van der Waals surface area contributed by atoms with Gasteiger partial charge in [0.05, 0.1) is 17.9 Å². The van der Waals surface area contributed by atoms with Crippen LogP contribution in [0.5, 0.6) is 0 Å². The van der Waals surface area contributed by atoms with Crippen LogP contribution < -0.4 is 10.6 Å². The number of nitrogens with one attached hydrogen (secondary N) is 2. The normalized spacial score (nSPS) is 11.0. The van der Waals surface area contributed by atoms with Gasteiger partial charge < -0.3 is 15.1 Å². The first-order chi connectivity index (χ1) is 12.7. The first kappa shape index (κ1) is 20.9. The average molecular weight is 477 g/mol. The molecule has 3 aromatic rings. The number of benzene rings is 1. The predicted octanol–water partition coefficient (Wildman–Crippen LogP) is 3.84. The zero-order valence-corrected chi connectivity index (χ0v) is 18.0. The molecule has 27 heavy (non-hydrogen) atoms. The van der Waals surface area contributed by atoms with Gasteiger partial charge in [0.25, 0.3) is 0 Å². The third-order valence-corrected chi connectivity index (χ3v) is 4.05. The number of hydrogen-bond donors (Lipinski definition) is 2. The number of aryl methyl sites for hydroxylation is 2. The zero-order chi connectivity index (χ0) is 18.4. The molecule has 0 fully saturated rings. The summed E-state index contributed by atoms with van der Waals surface area (Å²) in [5.74, 6) is 2.19. The lowest BCUT2D eigenvalue weighted by Crippen LogP contribution is -2.36. The first-order valence-electron chi connectivity index (χ1n) is 8.53. The van der Waals surface area contributed by atoms with Crippen LogP contribution in [0, 0.1) is 13.8 Å². The Labute approximate surface area is 176 Å². The standard InChI is InChI=1S/C20H23N5O.HI/c1-14-15(2)26-19(25-14)13-24-20(21-3)23-12-16-7-6-8-17(11-16)18-9-4-5-10-22-18;/h4-11H,12-13H2,1-3H3,(H2,21,23,24);1H. The smallest absolute Gasteiger partial charge is 0.214 e. The van der Waals surface area contributed by atoms with Gasteiger partial charge in [-0.1, -0.05) is 24.3 Å². The number of pyridine rings is 1. The van der Waals surface area contributed by atoms with E-state index in [0.717, 1.165) is 28.3 Å². The third kappa shape index (κ3) is 5.78. The van der Waals surface area contributed by atoms with Crippen molar-refractivity contribution in [2.45, 2.75) is 26.9 Å². The molecule has 0 atom stereocenters. The lowest BCUT2D eigenvalue weighted by atomic mass is 10.1. The minimum atomic E-state index is 0. The average Bonchev–Trinajstić information content (AvgIpc) is 3.00. The van der Waals surface area contributed by atoms with Crippen molar-refractivity contribution in [3.05, 3.63) is 71.6 Å². The van der Waals surface area contributed by atoms with Gasteiger partial charge in [0, 0.05) is 25.4 Å². The summed E-state index contributed by atoms with van der Waals surface area (Å²) in [4.78, 5) is 13.0. The summed E-state index contributed by atoms with van der Waals surface area (Å²) >= 11 is 0. The van der Waals surface area contributed by atoms with Crippen LogP contribution in [-0.2, 0) is 13.1 Å². The van der Waals surface area contributed by atoms with E-state index < -0.39 is 0 Å². The summed E-state index contributed by atoms with van der Waals surface area (Å²) in [7, 11) is 1.74. The van der Waals surface area contributed by atoms with E-state index in [2.05, 4.69) is 43.8 Å². The van der Waals surface area contributed by atoms with Crippen LogP contribution in [0.1, 0.15) is 22.9 Å². The van der Waals surface area contributed by atoms with Gasteiger partial charge in [-0.15, -0.1) is 24.0 Å². The number of aromatic nitrogens is 2. The maximum Gasteiger partial charge on any atom is 0.214 e. The molecule has 1 aromatic carbocycles. The van der Waals surface area contributed by atoms with Gasteiger partial charge in [-0.2, -0.15) is 0 Å². The Bertz CT molecular complexity index is 873. The van der Waals surface area contributed by atoms with E-state index in [1.54, 1.807) is 13.2 Å². The van der Waals surface area contributed by atoms with Gasteiger partial charge in [-0.25, -0.2) is 4.98 Å². The molecule has 0 saturated carbocycles. The number of hydrogen-bond acceptors (Lipinski definition) is 4. The van der Waals surface area contributed by atoms with E-state index in [-0.39, 0.29) is 24.0 Å². The molecular formula is C20H24IN5O. The highest BCUT2D eigenvalue weighted by Crippen LogP contribution is 2.17. The van der Waals surface area contributed by atoms with Crippen LogP contribution in [0.25, 0.3) is 11.3 Å². The van der Waals surface area contributed by atoms with Crippen molar-refractivity contribution in [1.29, 1.82) is 0 Å². The summed E-state index contributed by atoms with van der Waals surface area (Å²) in [5, 5.41) is 6.52. The van der Waals surface area contributed by atoms with Crippen molar-refractivity contribution in [3.8, 4) is 11.3 Å². The molecule has 6 nitrogen and oxygen atoms in total. The van der Waals surface area contributed by atoms with Gasteiger partial charge >= 0.3 is 0 Å². The summed E-state index contributed by atoms with van der Waals surface area (Å²) < 4.78 is 5.57. The van der Waals surface area contributed by atoms with E-state index >= 15 is 0 Å². The lowest BCUT2D eigenvalue weighted by Gasteiger charge is -2.11. The molecule has 0 unspecified atom stereocenters. The molecule has 142 valence electrons. The summed E-state index contributed by atoms with van der Waals surface area (Å²) in [6.45, 7) is 4.99. The summed E-state index contributed by atoms with van der Waals surface area (Å²) in [6, 6.07) is 14.2. The number of guanidine groups is 1. The Morgan fingerprint density at radius 1 is 1.07 bits per heavy atom. The molecule has 2 N–H and O–H groups in total. The fourth-order valence-electron chi connectivity index (χ4n) is 2.55. The lowest BCUT2D eigenvalue weighted by molar-refractivity contribution is 0.463. The molecular weight excluding hydrogens is 453 g/mol. The van der Waals surface area contributed by atoms with Crippen LogP contribution >= 0.6 is 24.0 Å². The van der Waals surface area contributed by atoms with E-state index in [4.69, 9.17) is 4.42 Å². The van der Waals surface area contributed by atoms with Crippen molar-refractivity contribution < 1.29 is 4.42 Å². The zero-order valence-electron chi connectivity index (χ0n) is 15.7. The molecule has 0 amide bonds. The fraction of sp³-hybridized carbons (Fsp3) is 0.250. The Hall–Kier alpha value is -2.42. The number of rotatable bonds is 5. The van der Waals surface area contributed by atoms with Crippen molar-refractivity contribution in [3.63, 3.8) is 0 Å². The van der Waals surface area contributed by atoms with Crippen LogP contribution in [-0.4, -0.2) is 23.0 Å². The molecule has 7 heteroatoms. The second-order valence-corrected chi connectivity index (χ2v) is 5.94. The molecule has 2 heterocycles. The highest BCUT2D eigenvalue weighted by molar-refractivity contribution is 14.0. The third-order valence-electron chi connectivity index (χ3n) is 4.05. The monoisotopic (exact) mass is 477 g/mol. The van der Waals surface area contributed by atoms with Crippen LogP contribution in [0.3, 0.4) is 0 Å². The van der Waals surface area contributed by atoms with Crippen molar-refractivity contribution in [2.75, 3.05) is 7.05 Å². The van der Waals surface area contributed by atoms with Gasteiger partial charge in [0.1, 0.15) is 5.76 Å². The molecule has 0 radical (unpaired) electrons. The molecule has 0 bridgehead atoms. The maximum absolute atomic E-state index is 5.57. The molecule has 2 aromatic heterocycles. The number of aliphatic imine (C=N–C) groups is 1. The van der Waals surface area contributed by atoms with Crippen LogP contribution in [0.15, 0.2) is 58.1 Å². The predicted molar refractivity (Wildman–Crippen MR) is 118 cm³/mol. The second-order valence-electron chi connectivity index (χ2n) is 5.94. The molecule has 0 saturated heterocycles. The van der Waals surface area contributed by atoms with Gasteiger partial charge in [0.2, 0.25) is 5.89 Å². The van der Waals surface area contributed by atoms with Crippen molar-refractivity contribution in [1.82, 2.24) is 20.6 Å². The van der Waals surface area contributed by atoms with Gasteiger partial charge in [-0.05, 0) is 37.6 Å². The SMILES string of the molecule is CN=C(NCc1cccc(-c2ccccn2)c1)NCc1nc(C)c(C)o1.I. The van der Waals surface area contributed by atoms with Crippen LogP contribution in [0.4, 0.5) is 0 Å². The molecule has 0 aliphatic heterocycles. The Morgan fingerprint density at radius 2 is 1.89 bits per heavy atom. The number of nitrogens with zero attached hydrogens (tertiary/aromatic N) is 3. The highest BCUT2D eigenvalue weighted by Gasteiger charge is 2.07. The second kappa shape index (κ2) is 10.1. The molecule has 0 aliphatic carbocycles. The molecule has 3 rings (SSSR count). The summed E-state index contributed by atoms with van der Waals surface area (Å²) in [6.07, 6.45) is 1.80. The van der Waals surface area contributed by atoms with E-state index in [1.807, 2.05) is 38.1 Å². The van der Waals surface area contributed by atoms with Crippen molar-refractivity contribution >= 4 is 29.9 Å². The maximum atomic E-state index is 5.57. The minimum absolute atomic E-state index is 0. The fourth-order valence-corrected chi connectivity index (χ4v) is 2.55. The number of halogens is 1. The largest absolute Gasteiger partial charge is 0.444 e.